The molecule has 1 fully saturated rings. The average Bonchev–Trinajstić information content (AvgIpc) is 2.31. The van der Waals surface area contributed by atoms with Gasteiger partial charge in [0.05, 0.1) is 12.6 Å². The first kappa shape index (κ1) is 17.9. The minimum atomic E-state index is -0.660. The molecule has 1 atom stereocenters. The molecule has 6 nitrogen and oxygen atoms in total. The minimum Gasteiger partial charge on any atom is -0.394 e. The van der Waals surface area contributed by atoms with Crippen LogP contribution in [0.1, 0.15) is 53.9 Å². The van der Waals surface area contributed by atoms with Gasteiger partial charge in [0, 0.05) is 17.1 Å². The van der Waals surface area contributed by atoms with Gasteiger partial charge in [-0.05, 0) is 47.0 Å². The lowest BCUT2D eigenvalue weighted by Crippen LogP contribution is -2.67. The summed E-state index contributed by atoms with van der Waals surface area (Å²) in [5.74, 6) is -1.21. The van der Waals surface area contributed by atoms with E-state index in [0.29, 0.717) is 19.3 Å². The van der Waals surface area contributed by atoms with Gasteiger partial charge in [-0.15, -0.1) is 0 Å². The third kappa shape index (κ3) is 3.95. The van der Waals surface area contributed by atoms with Crippen LogP contribution in [0.25, 0.3) is 0 Å². The van der Waals surface area contributed by atoms with Gasteiger partial charge in [0.15, 0.2) is 0 Å². The molecule has 6 heteroatoms. The van der Waals surface area contributed by atoms with Crippen LogP contribution in [0, 0.1) is 0 Å². The van der Waals surface area contributed by atoms with E-state index in [1.54, 1.807) is 4.90 Å². The topological polar surface area (TPSA) is 95.7 Å². The number of nitrogens with two attached hydrogens (primary N) is 1. The standard InChI is InChI=1S/C15H29N3O3/c1-6-11(9-19)17-12(20)13(21)18-14(2,3)7-10(16)8-15(18,4)5/h10-11,19H,6-9,16H2,1-5H3,(H,17,20). The average molecular weight is 299 g/mol. The predicted octanol–water partition coefficient (Wildman–Crippen LogP) is 0.380. The fourth-order valence-corrected chi connectivity index (χ4v) is 3.53. The van der Waals surface area contributed by atoms with Crippen molar-refractivity contribution in [3.63, 3.8) is 0 Å². The number of nitrogens with one attached hydrogen (secondary N) is 1. The summed E-state index contributed by atoms with van der Waals surface area (Å²) < 4.78 is 0. The molecule has 0 aliphatic carbocycles. The van der Waals surface area contributed by atoms with Crippen molar-refractivity contribution >= 4 is 11.8 Å². The highest BCUT2D eigenvalue weighted by atomic mass is 16.3. The van der Waals surface area contributed by atoms with Crippen molar-refractivity contribution in [2.24, 2.45) is 5.73 Å². The number of piperidine rings is 1. The molecule has 1 unspecified atom stereocenters. The molecule has 1 aliphatic heterocycles. The summed E-state index contributed by atoms with van der Waals surface area (Å²) in [6, 6.07) is -0.373. The van der Waals surface area contributed by atoms with Crippen LogP contribution in [-0.2, 0) is 9.59 Å². The summed E-state index contributed by atoms with van der Waals surface area (Å²) in [6.45, 7) is 9.40. The van der Waals surface area contributed by atoms with Crippen molar-refractivity contribution in [2.45, 2.75) is 77.0 Å². The maximum absolute atomic E-state index is 12.6. The third-order valence-electron chi connectivity index (χ3n) is 4.18. The van der Waals surface area contributed by atoms with Gasteiger partial charge in [-0.2, -0.15) is 0 Å². The van der Waals surface area contributed by atoms with Crippen LogP contribution >= 0.6 is 0 Å². The summed E-state index contributed by atoms with van der Waals surface area (Å²) in [6.07, 6.45) is 1.90. The highest BCUT2D eigenvalue weighted by Gasteiger charge is 2.48. The Morgan fingerprint density at radius 3 is 2.14 bits per heavy atom. The summed E-state index contributed by atoms with van der Waals surface area (Å²) in [4.78, 5) is 26.4. The fourth-order valence-electron chi connectivity index (χ4n) is 3.53. The molecule has 0 aromatic rings. The number of aliphatic hydroxyl groups excluding tert-OH is 1. The SMILES string of the molecule is CCC(CO)NC(=O)C(=O)N1C(C)(C)CC(N)CC1(C)C. The van der Waals surface area contributed by atoms with E-state index >= 15 is 0 Å². The normalized spacial score (nSPS) is 22.7. The Kier molecular flexibility index (Phi) is 5.39. The van der Waals surface area contributed by atoms with Gasteiger partial charge in [0.1, 0.15) is 0 Å². The number of aliphatic hydroxyl groups is 1. The Hall–Kier alpha value is -1.14. The predicted molar refractivity (Wildman–Crippen MR) is 81.5 cm³/mol. The molecule has 0 aromatic heterocycles. The second kappa shape index (κ2) is 6.32. The van der Waals surface area contributed by atoms with Gasteiger partial charge in [-0.1, -0.05) is 6.92 Å². The van der Waals surface area contributed by atoms with Crippen molar-refractivity contribution in [3.05, 3.63) is 0 Å². The van der Waals surface area contributed by atoms with Crippen molar-refractivity contribution in [3.8, 4) is 0 Å². The molecule has 1 rings (SSSR count). The van der Waals surface area contributed by atoms with Crippen LogP contribution in [-0.4, -0.2) is 51.6 Å². The van der Waals surface area contributed by atoms with Gasteiger partial charge in [-0.3, -0.25) is 9.59 Å². The van der Waals surface area contributed by atoms with Crippen LogP contribution in [0.15, 0.2) is 0 Å². The minimum absolute atomic E-state index is 0.0166. The number of carbonyl (C=O) groups is 2. The molecule has 0 saturated carbocycles. The van der Waals surface area contributed by atoms with Gasteiger partial charge in [0.25, 0.3) is 0 Å². The van der Waals surface area contributed by atoms with Crippen LogP contribution in [0.2, 0.25) is 0 Å². The molecule has 0 bridgehead atoms. The fraction of sp³-hybridized carbons (Fsp3) is 0.867. The summed E-state index contributed by atoms with van der Waals surface area (Å²) in [5.41, 5.74) is 5.13. The molecule has 0 aromatic carbocycles. The lowest BCUT2D eigenvalue weighted by molar-refractivity contribution is -0.159. The van der Waals surface area contributed by atoms with Crippen LogP contribution < -0.4 is 11.1 Å². The van der Waals surface area contributed by atoms with E-state index in [4.69, 9.17) is 10.8 Å². The zero-order valence-corrected chi connectivity index (χ0v) is 13.8. The molecule has 1 aliphatic rings. The summed E-state index contributed by atoms with van der Waals surface area (Å²) in [5, 5.41) is 11.7. The Morgan fingerprint density at radius 1 is 1.29 bits per heavy atom. The molecule has 2 amide bonds. The summed E-state index contributed by atoms with van der Waals surface area (Å²) >= 11 is 0. The van der Waals surface area contributed by atoms with Gasteiger partial charge in [-0.25, -0.2) is 0 Å². The largest absolute Gasteiger partial charge is 0.394 e. The second-order valence-corrected chi connectivity index (χ2v) is 7.19. The molecule has 1 saturated heterocycles. The van der Waals surface area contributed by atoms with E-state index in [9.17, 15) is 9.59 Å². The number of likely N-dealkylation sites (tertiary alicyclic amines) is 1. The molecule has 21 heavy (non-hydrogen) atoms. The van der Waals surface area contributed by atoms with Crippen molar-refractivity contribution in [1.82, 2.24) is 10.2 Å². The third-order valence-corrected chi connectivity index (χ3v) is 4.18. The zero-order chi connectivity index (χ0) is 16.4. The zero-order valence-electron chi connectivity index (χ0n) is 13.8. The first-order valence-electron chi connectivity index (χ1n) is 7.56. The van der Waals surface area contributed by atoms with Crippen LogP contribution in [0.4, 0.5) is 0 Å². The number of amides is 2. The Balaban J connectivity index is 2.95. The Morgan fingerprint density at radius 2 is 1.76 bits per heavy atom. The monoisotopic (exact) mass is 299 g/mol. The first-order valence-corrected chi connectivity index (χ1v) is 7.56. The molecule has 1 heterocycles. The van der Waals surface area contributed by atoms with E-state index in [1.807, 2.05) is 34.6 Å². The molecule has 122 valence electrons. The van der Waals surface area contributed by atoms with E-state index in [0.717, 1.165) is 0 Å². The van der Waals surface area contributed by atoms with Gasteiger partial charge < -0.3 is 21.1 Å². The van der Waals surface area contributed by atoms with E-state index in [1.165, 1.54) is 0 Å². The maximum atomic E-state index is 12.6. The number of rotatable bonds is 3. The van der Waals surface area contributed by atoms with E-state index in [-0.39, 0.29) is 18.7 Å². The van der Waals surface area contributed by atoms with Gasteiger partial charge >= 0.3 is 11.8 Å². The van der Waals surface area contributed by atoms with E-state index in [2.05, 4.69) is 5.32 Å². The van der Waals surface area contributed by atoms with Crippen molar-refractivity contribution in [2.75, 3.05) is 6.61 Å². The first-order chi connectivity index (χ1) is 9.55. The quantitative estimate of drug-likeness (QED) is 0.657. The molecular formula is C15H29N3O3. The van der Waals surface area contributed by atoms with Crippen LogP contribution in [0.3, 0.4) is 0 Å². The number of carbonyl (C=O) groups excluding carboxylic acids is 2. The molecule has 4 N–H and O–H groups in total. The highest BCUT2D eigenvalue weighted by Crippen LogP contribution is 2.37. The molecular weight excluding hydrogens is 270 g/mol. The van der Waals surface area contributed by atoms with Crippen molar-refractivity contribution in [1.29, 1.82) is 0 Å². The number of hydrogen-bond acceptors (Lipinski definition) is 4. The smallest absolute Gasteiger partial charge is 0.312 e. The lowest BCUT2D eigenvalue weighted by Gasteiger charge is -2.54. The molecule has 0 radical (unpaired) electrons. The summed E-state index contributed by atoms with van der Waals surface area (Å²) in [7, 11) is 0. The number of nitrogens with zero attached hydrogens (tertiary/aromatic N) is 1. The van der Waals surface area contributed by atoms with E-state index < -0.39 is 22.9 Å². The highest BCUT2D eigenvalue weighted by molar-refractivity contribution is 6.35. The lowest BCUT2D eigenvalue weighted by atomic mass is 9.77. The molecule has 0 spiro atoms. The Bertz CT molecular complexity index is 385. The second-order valence-electron chi connectivity index (χ2n) is 7.19. The Labute approximate surface area is 127 Å². The van der Waals surface area contributed by atoms with Crippen molar-refractivity contribution < 1.29 is 14.7 Å². The van der Waals surface area contributed by atoms with Crippen LogP contribution in [0.5, 0.6) is 0 Å². The maximum Gasteiger partial charge on any atom is 0.312 e. The number of hydrogen-bond donors (Lipinski definition) is 3. The van der Waals surface area contributed by atoms with Gasteiger partial charge in [0.2, 0.25) is 0 Å².